The highest BCUT2D eigenvalue weighted by Gasteiger charge is 2.44. The Balaban J connectivity index is 3.49. The minimum absolute atomic E-state index is 0.0214. The number of nitrogens with zero attached hydrogens (tertiary/aromatic N) is 2. The van der Waals surface area contributed by atoms with Gasteiger partial charge in [-0.05, 0) is 40.5 Å². The molecule has 1 aliphatic rings. The number of carbonyl (C=O) groups excluding carboxylic acids is 5. The maximum Gasteiger partial charge on any atom is 0.431 e. The summed E-state index contributed by atoms with van der Waals surface area (Å²) < 4.78 is 19.6. The fourth-order valence-electron chi connectivity index (χ4n) is 3.29. The van der Waals surface area contributed by atoms with E-state index in [2.05, 4.69) is 10.9 Å². The van der Waals surface area contributed by atoms with E-state index in [0.29, 0.717) is 22.9 Å². The lowest BCUT2D eigenvalue weighted by Gasteiger charge is -2.38. The Labute approximate surface area is 192 Å². The van der Waals surface area contributed by atoms with Gasteiger partial charge < -0.3 is 18.9 Å². The van der Waals surface area contributed by atoms with Gasteiger partial charge in [0.15, 0.2) is 5.78 Å². The molecule has 0 heterocycles. The first-order valence-corrected chi connectivity index (χ1v) is 11.1. The van der Waals surface area contributed by atoms with E-state index in [0.717, 1.165) is 19.3 Å². The summed E-state index contributed by atoms with van der Waals surface area (Å²) in [6, 6.07) is 0. The maximum atomic E-state index is 13.6. The van der Waals surface area contributed by atoms with Crippen molar-refractivity contribution in [2.75, 3.05) is 26.4 Å². The lowest BCUT2D eigenvalue weighted by atomic mass is 9.85. The zero-order valence-corrected chi connectivity index (χ0v) is 19.6. The predicted octanol–water partition coefficient (Wildman–Crippen LogP) is 2.70. The summed E-state index contributed by atoms with van der Waals surface area (Å²) >= 11 is 0. The third kappa shape index (κ3) is 8.66. The quantitative estimate of drug-likeness (QED) is 0.307. The van der Waals surface area contributed by atoms with Gasteiger partial charge in [0, 0.05) is 5.92 Å². The smallest absolute Gasteiger partial charge is 0.431 e. The van der Waals surface area contributed by atoms with Crippen molar-refractivity contribution in [3.63, 3.8) is 0 Å². The second-order valence-electron chi connectivity index (χ2n) is 6.91. The molecule has 0 aromatic heterocycles. The van der Waals surface area contributed by atoms with Crippen LogP contribution in [-0.4, -0.2) is 72.8 Å². The van der Waals surface area contributed by atoms with E-state index >= 15 is 0 Å². The molecule has 1 saturated carbocycles. The number of hydrogen-bond acceptors (Lipinski definition) is 9. The van der Waals surface area contributed by atoms with Crippen molar-refractivity contribution in [3.8, 4) is 0 Å². The van der Waals surface area contributed by atoms with Gasteiger partial charge in [-0.15, -0.1) is 0 Å². The van der Waals surface area contributed by atoms with Crippen LogP contribution in [0.5, 0.6) is 0 Å². The third-order valence-corrected chi connectivity index (χ3v) is 4.65. The molecule has 0 radical (unpaired) electrons. The first-order valence-electron chi connectivity index (χ1n) is 11.1. The zero-order valence-electron chi connectivity index (χ0n) is 19.6. The van der Waals surface area contributed by atoms with Gasteiger partial charge >= 0.3 is 24.4 Å². The average Bonchev–Trinajstić information content (AvgIpc) is 2.79. The fourth-order valence-corrected chi connectivity index (χ4v) is 3.29. The Morgan fingerprint density at radius 2 is 1.09 bits per heavy atom. The van der Waals surface area contributed by atoms with Gasteiger partial charge in [-0.3, -0.25) is 4.79 Å². The SMILES string of the molecule is CCOC(=O)NN(C(=O)OCC)C(C(=O)C1CCCCC1)N(NC(=O)OCC)C(=O)OCC. The van der Waals surface area contributed by atoms with Crippen molar-refractivity contribution < 1.29 is 42.9 Å². The number of rotatable bonds is 8. The van der Waals surface area contributed by atoms with Gasteiger partial charge in [0.2, 0.25) is 6.17 Å². The Morgan fingerprint density at radius 3 is 1.45 bits per heavy atom. The molecule has 1 fully saturated rings. The number of hydrogen-bond donors (Lipinski definition) is 2. The molecule has 0 aliphatic heterocycles. The van der Waals surface area contributed by atoms with Gasteiger partial charge in [0.05, 0.1) is 26.4 Å². The number of carbonyl (C=O) groups is 5. The van der Waals surface area contributed by atoms with Crippen LogP contribution in [0, 0.1) is 5.92 Å². The molecule has 0 spiro atoms. The molecule has 13 nitrogen and oxygen atoms in total. The van der Waals surface area contributed by atoms with Crippen molar-refractivity contribution in [2.24, 2.45) is 5.92 Å². The van der Waals surface area contributed by atoms with E-state index in [-0.39, 0.29) is 26.4 Å². The van der Waals surface area contributed by atoms with Gasteiger partial charge in [-0.1, -0.05) is 19.3 Å². The summed E-state index contributed by atoms with van der Waals surface area (Å²) in [5, 5.41) is 1.03. The van der Waals surface area contributed by atoms with Crippen molar-refractivity contribution in [2.45, 2.75) is 66.0 Å². The third-order valence-electron chi connectivity index (χ3n) is 4.65. The summed E-state index contributed by atoms with van der Waals surface area (Å²) in [7, 11) is 0. The number of hydrazine groups is 2. The van der Waals surface area contributed by atoms with Crippen molar-refractivity contribution in [3.05, 3.63) is 0 Å². The standard InChI is InChI=1S/C20H34N4O9/c1-5-30-17(26)21-23(19(28)32-7-3)16(15(25)14-12-10-9-11-13-14)24(20(29)33-8-4)22-18(27)31-6-2/h14,16H,5-13H2,1-4H3,(H,21,26)(H,22,27). The van der Waals surface area contributed by atoms with Crippen LogP contribution in [0.15, 0.2) is 0 Å². The second kappa shape index (κ2) is 14.7. The highest BCUT2D eigenvalue weighted by molar-refractivity contribution is 5.92. The lowest BCUT2D eigenvalue weighted by Crippen LogP contribution is -2.67. The molecular weight excluding hydrogens is 440 g/mol. The monoisotopic (exact) mass is 474 g/mol. The fraction of sp³-hybridized carbons (Fsp3) is 0.750. The summed E-state index contributed by atoms with van der Waals surface area (Å²) in [5.74, 6) is -1.13. The average molecular weight is 475 g/mol. The van der Waals surface area contributed by atoms with Gasteiger partial charge in [-0.2, -0.15) is 10.0 Å². The number of amides is 4. The van der Waals surface area contributed by atoms with Crippen molar-refractivity contribution in [1.29, 1.82) is 0 Å². The molecule has 0 unspecified atom stereocenters. The van der Waals surface area contributed by atoms with E-state index in [1.165, 1.54) is 13.8 Å². The van der Waals surface area contributed by atoms with Gasteiger partial charge in [0.1, 0.15) is 0 Å². The first-order chi connectivity index (χ1) is 15.8. The van der Waals surface area contributed by atoms with Crippen LogP contribution in [0.2, 0.25) is 0 Å². The van der Waals surface area contributed by atoms with E-state index in [9.17, 15) is 24.0 Å². The molecule has 4 amide bonds. The van der Waals surface area contributed by atoms with Gasteiger partial charge in [-0.25, -0.2) is 30.0 Å². The number of ether oxygens (including phenoxy) is 4. The number of Topliss-reactive ketones (excluding diaryl/α,β-unsaturated/α-hetero) is 1. The van der Waals surface area contributed by atoms with E-state index in [4.69, 9.17) is 18.9 Å². The Bertz CT molecular complexity index is 640. The first kappa shape index (κ1) is 27.8. The highest BCUT2D eigenvalue weighted by Crippen LogP contribution is 2.27. The van der Waals surface area contributed by atoms with Crippen LogP contribution in [0.25, 0.3) is 0 Å². The molecule has 33 heavy (non-hydrogen) atoms. The topological polar surface area (TPSA) is 153 Å². The molecule has 0 saturated heterocycles. The van der Waals surface area contributed by atoms with Crippen LogP contribution in [-0.2, 0) is 23.7 Å². The largest absolute Gasteiger partial charge is 0.449 e. The number of nitrogens with one attached hydrogen (secondary N) is 2. The Morgan fingerprint density at radius 1 is 0.697 bits per heavy atom. The molecule has 0 bridgehead atoms. The van der Waals surface area contributed by atoms with Crippen LogP contribution >= 0.6 is 0 Å². The summed E-state index contributed by atoms with van der Waals surface area (Å²) in [6.07, 6.45) is -2.70. The molecule has 13 heteroatoms. The molecular formula is C20H34N4O9. The molecule has 2 N–H and O–H groups in total. The second-order valence-corrected chi connectivity index (χ2v) is 6.91. The van der Waals surface area contributed by atoms with Crippen LogP contribution in [0.4, 0.5) is 19.2 Å². The molecule has 0 atom stereocenters. The Hall–Kier alpha value is -3.25. The molecule has 188 valence electrons. The van der Waals surface area contributed by atoms with E-state index < -0.39 is 42.2 Å². The van der Waals surface area contributed by atoms with E-state index in [1.54, 1.807) is 13.8 Å². The lowest BCUT2D eigenvalue weighted by molar-refractivity contribution is -0.138. The van der Waals surface area contributed by atoms with Crippen molar-refractivity contribution >= 4 is 30.2 Å². The molecule has 1 rings (SSSR count). The summed E-state index contributed by atoms with van der Waals surface area (Å²) in [5.41, 5.74) is 4.28. The normalized spacial score (nSPS) is 13.5. The van der Waals surface area contributed by atoms with Gasteiger partial charge in [0.25, 0.3) is 0 Å². The van der Waals surface area contributed by atoms with E-state index in [1.807, 2.05) is 0 Å². The van der Waals surface area contributed by atoms with Crippen LogP contribution in [0.3, 0.4) is 0 Å². The maximum absolute atomic E-state index is 13.6. The minimum Gasteiger partial charge on any atom is -0.449 e. The van der Waals surface area contributed by atoms with Crippen LogP contribution < -0.4 is 10.9 Å². The highest BCUT2D eigenvalue weighted by atomic mass is 16.6. The number of ketones is 1. The zero-order chi connectivity index (χ0) is 24.8. The summed E-state index contributed by atoms with van der Waals surface area (Å²) in [6.45, 7) is 5.93. The molecule has 0 aromatic rings. The Kier molecular flexibility index (Phi) is 12.4. The predicted molar refractivity (Wildman–Crippen MR) is 113 cm³/mol. The van der Waals surface area contributed by atoms with Crippen LogP contribution in [0.1, 0.15) is 59.8 Å². The minimum atomic E-state index is -1.82. The molecule has 1 aliphatic carbocycles. The summed E-state index contributed by atoms with van der Waals surface area (Å²) in [4.78, 5) is 63.5. The molecule has 0 aromatic carbocycles. The van der Waals surface area contributed by atoms with Crippen molar-refractivity contribution in [1.82, 2.24) is 20.9 Å².